The average molecular weight is 422 g/mol. The highest BCUT2D eigenvalue weighted by Crippen LogP contribution is 2.24. The summed E-state index contributed by atoms with van der Waals surface area (Å²) in [5.41, 5.74) is 1.55. The molecule has 3 aromatic carbocycles. The van der Waals surface area contributed by atoms with Crippen LogP contribution in [-0.4, -0.2) is 17.8 Å². The number of ether oxygens (including phenoxy) is 2. The van der Waals surface area contributed by atoms with Crippen LogP contribution in [0.15, 0.2) is 83.5 Å². The molecule has 0 bridgehead atoms. The van der Waals surface area contributed by atoms with Crippen molar-refractivity contribution in [2.45, 2.75) is 0 Å². The summed E-state index contributed by atoms with van der Waals surface area (Å²) in [5.74, 6) is -1.18. The summed E-state index contributed by atoms with van der Waals surface area (Å²) in [6.45, 7) is 0. The van der Waals surface area contributed by atoms with Crippen molar-refractivity contribution in [1.29, 1.82) is 0 Å². The molecular weight excluding hydrogens is 409 g/mol. The molecular formula is C23H13ClFNO4. The first-order valence-electron chi connectivity index (χ1n) is 8.85. The monoisotopic (exact) mass is 421 g/mol. The number of carbonyl (C=O) groups excluding carboxylic acids is 2. The maximum atomic E-state index is 13.0. The first kappa shape index (κ1) is 19.5. The van der Waals surface area contributed by atoms with Crippen molar-refractivity contribution in [3.8, 4) is 5.75 Å². The number of esters is 2. The minimum absolute atomic E-state index is 0.126. The molecule has 5 nitrogen and oxygen atoms in total. The number of halogens is 2. The lowest BCUT2D eigenvalue weighted by Gasteiger charge is -2.04. The highest BCUT2D eigenvalue weighted by Gasteiger charge is 2.25. The first-order chi connectivity index (χ1) is 14.5. The molecule has 0 aromatic heterocycles. The van der Waals surface area contributed by atoms with Gasteiger partial charge in [0.15, 0.2) is 5.70 Å². The van der Waals surface area contributed by atoms with Gasteiger partial charge < -0.3 is 9.47 Å². The largest absolute Gasteiger partial charge is 0.423 e. The van der Waals surface area contributed by atoms with Crippen LogP contribution < -0.4 is 4.74 Å². The summed E-state index contributed by atoms with van der Waals surface area (Å²) in [6.07, 6.45) is 1.55. The van der Waals surface area contributed by atoms with Crippen LogP contribution >= 0.6 is 11.6 Å². The van der Waals surface area contributed by atoms with E-state index in [9.17, 15) is 14.0 Å². The fraction of sp³-hybridized carbons (Fsp3) is 0. The second-order valence-electron chi connectivity index (χ2n) is 6.28. The van der Waals surface area contributed by atoms with E-state index in [-0.39, 0.29) is 17.2 Å². The van der Waals surface area contributed by atoms with Gasteiger partial charge in [-0.15, -0.1) is 0 Å². The van der Waals surface area contributed by atoms with Crippen LogP contribution in [0.3, 0.4) is 0 Å². The Labute approximate surface area is 176 Å². The maximum absolute atomic E-state index is 13.0. The molecule has 0 spiro atoms. The smallest absolute Gasteiger partial charge is 0.363 e. The van der Waals surface area contributed by atoms with Gasteiger partial charge in [0.1, 0.15) is 11.6 Å². The Morgan fingerprint density at radius 1 is 1.00 bits per heavy atom. The quantitative estimate of drug-likeness (QED) is 0.336. The molecule has 1 heterocycles. The summed E-state index contributed by atoms with van der Waals surface area (Å²) in [5, 5.41) is 0.428. The van der Waals surface area contributed by atoms with E-state index in [2.05, 4.69) is 4.99 Å². The van der Waals surface area contributed by atoms with Crippen molar-refractivity contribution in [2.75, 3.05) is 0 Å². The van der Waals surface area contributed by atoms with Crippen LogP contribution in [0.1, 0.15) is 21.5 Å². The fourth-order valence-corrected chi connectivity index (χ4v) is 2.92. The molecule has 0 aliphatic carbocycles. The van der Waals surface area contributed by atoms with Gasteiger partial charge in [-0.2, -0.15) is 0 Å². The van der Waals surface area contributed by atoms with E-state index in [1.165, 1.54) is 24.3 Å². The minimum atomic E-state index is -0.602. The molecule has 1 aliphatic rings. The zero-order valence-electron chi connectivity index (χ0n) is 15.3. The third-order valence-corrected chi connectivity index (χ3v) is 4.53. The summed E-state index contributed by atoms with van der Waals surface area (Å²) < 4.78 is 23.4. The summed E-state index contributed by atoms with van der Waals surface area (Å²) in [6, 6.07) is 18.5. The summed E-state index contributed by atoms with van der Waals surface area (Å²) >= 11 is 6.12. The Hall–Kier alpha value is -3.77. The number of hydrogen-bond acceptors (Lipinski definition) is 5. The predicted octanol–water partition coefficient (Wildman–Crippen LogP) is 5.04. The van der Waals surface area contributed by atoms with Crippen molar-refractivity contribution in [2.24, 2.45) is 4.99 Å². The summed E-state index contributed by atoms with van der Waals surface area (Å²) in [4.78, 5) is 28.4. The number of nitrogens with zero attached hydrogens (tertiary/aromatic N) is 1. The van der Waals surface area contributed by atoms with E-state index < -0.39 is 17.8 Å². The van der Waals surface area contributed by atoms with Gasteiger partial charge in [0, 0.05) is 0 Å². The van der Waals surface area contributed by atoms with Crippen molar-refractivity contribution >= 4 is 35.5 Å². The van der Waals surface area contributed by atoms with E-state index in [1.807, 2.05) is 0 Å². The lowest BCUT2D eigenvalue weighted by molar-refractivity contribution is -0.129. The SMILES string of the molecule is O=C1OC(c2ccccc2Cl)=N/C1=C/c1ccc(OC(=O)c2ccc(F)cc2)cc1. The van der Waals surface area contributed by atoms with E-state index in [4.69, 9.17) is 21.1 Å². The Morgan fingerprint density at radius 3 is 2.40 bits per heavy atom. The van der Waals surface area contributed by atoms with Crippen LogP contribution in [0.2, 0.25) is 5.02 Å². The van der Waals surface area contributed by atoms with E-state index in [0.29, 0.717) is 21.9 Å². The standard InChI is InChI=1S/C23H13ClFNO4/c24-19-4-2-1-3-18(19)21-26-20(23(28)30-21)13-14-5-11-17(12-6-14)29-22(27)15-7-9-16(25)10-8-15/h1-13H/b20-13+. The van der Waals surface area contributed by atoms with E-state index in [1.54, 1.807) is 54.6 Å². The highest BCUT2D eigenvalue weighted by atomic mass is 35.5. The molecule has 0 fully saturated rings. The van der Waals surface area contributed by atoms with Gasteiger partial charge in [0.25, 0.3) is 0 Å². The molecule has 30 heavy (non-hydrogen) atoms. The van der Waals surface area contributed by atoms with Gasteiger partial charge >= 0.3 is 11.9 Å². The normalized spacial score (nSPS) is 14.4. The molecule has 0 atom stereocenters. The zero-order valence-corrected chi connectivity index (χ0v) is 16.1. The van der Waals surface area contributed by atoms with Crippen LogP contribution in [0.4, 0.5) is 4.39 Å². The average Bonchev–Trinajstić information content (AvgIpc) is 3.10. The number of cyclic esters (lactones) is 1. The minimum Gasteiger partial charge on any atom is -0.423 e. The Bertz CT molecular complexity index is 1180. The van der Waals surface area contributed by atoms with Crippen molar-refractivity contribution < 1.29 is 23.5 Å². The van der Waals surface area contributed by atoms with Crippen molar-refractivity contribution in [1.82, 2.24) is 0 Å². The van der Waals surface area contributed by atoms with Gasteiger partial charge in [-0.1, -0.05) is 35.9 Å². The molecule has 0 N–H and O–H groups in total. The third kappa shape index (κ3) is 4.29. The van der Waals surface area contributed by atoms with Gasteiger partial charge in [-0.25, -0.2) is 19.0 Å². The van der Waals surface area contributed by atoms with Gasteiger partial charge in [0.2, 0.25) is 5.90 Å². The summed E-state index contributed by atoms with van der Waals surface area (Å²) in [7, 11) is 0. The molecule has 1 aliphatic heterocycles. The van der Waals surface area contributed by atoms with E-state index in [0.717, 1.165) is 0 Å². The second-order valence-corrected chi connectivity index (χ2v) is 6.69. The molecule has 0 saturated carbocycles. The maximum Gasteiger partial charge on any atom is 0.363 e. The number of aliphatic imine (C=N–C) groups is 1. The topological polar surface area (TPSA) is 65.0 Å². The Kier molecular flexibility index (Phi) is 5.41. The second kappa shape index (κ2) is 8.31. The molecule has 0 radical (unpaired) electrons. The van der Waals surface area contributed by atoms with Crippen molar-refractivity contribution in [3.63, 3.8) is 0 Å². The third-order valence-electron chi connectivity index (χ3n) is 4.20. The van der Waals surface area contributed by atoms with Gasteiger partial charge in [0.05, 0.1) is 16.1 Å². The van der Waals surface area contributed by atoms with Crippen LogP contribution in [0, 0.1) is 5.82 Å². The van der Waals surface area contributed by atoms with Crippen LogP contribution in [-0.2, 0) is 9.53 Å². The molecule has 7 heteroatoms. The lowest BCUT2D eigenvalue weighted by atomic mass is 10.2. The Morgan fingerprint density at radius 2 is 1.70 bits per heavy atom. The first-order valence-corrected chi connectivity index (χ1v) is 9.23. The number of carbonyl (C=O) groups is 2. The van der Waals surface area contributed by atoms with Gasteiger partial charge in [-0.3, -0.25) is 0 Å². The molecule has 4 rings (SSSR count). The fourth-order valence-electron chi connectivity index (χ4n) is 2.70. The number of benzene rings is 3. The predicted molar refractivity (Wildman–Crippen MR) is 110 cm³/mol. The molecule has 0 unspecified atom stereocenters. The van der Waals surface area contributed by atoms with Crippen LogP contribution in [0.25, 0.3) is 6.08 Å². The van der Waals surface area contributed by atoms with Gasteiger partial charge in [-0.05, 0) is 60.2 Å². The Balaban J connectivity index is 1.49. The molecule has 0 amide bonds. The zero-order chi connectivity index (χ0) is 21.1. The molecule has 0 saturated heterocycles. The van der Waals surface area contributed by atoms with E-state index >= 15 is 0 Å². The highest BCUT2D eigenvalue weighted by molar-refractivity contribution is 6.34. The van der Waals surface area contributed by atoms with Crippen LogP contribution in [0.5, 0.6) is 5.75 Å². The number of rotatable bonds is 4. The lowest BCUT2D eigenvalue weighted by Crippen LogP contribution is -2.08. The number of hydrogen-bond donors (Lipinski definition) is 0. The molecule has 148 valence electrons. The van der Waals surface area contributed by atoms with Crippen molar-refractivity contribution in [3.05, 3.63) is 106 Å². The molecule has 3 aromatic rings.